The van der Waals surface area contributed by atoms with Gasteiger partial charge in [0.15, 0.2) is 5.58 Å². The predicted octanol–water partition coefficient (Wildman–Crippen LogP) is 9.55. The van der Waals surface area contributed by atoms with Crippen molar-refractivity contribution >= 4 is 61.1 Å². The van der Waals surface area contributed by atoms with E-state index >= 15 is 0 Å². The molecular formula is C35H23N3O. The van der Waals surface area contributed by atoms with Crippen LogP contribution in [0.15, 0.2) is 144 Å². The number of hydrogen-bond donors (Lipinski definition) is 0. The van der Waals surface area contributed by atoms with Crippen molar-refractivity contribution in [1.29, 1.82) is 0 Å². The molecule has 4 nitrogen and oxygen atoms in total. The zero-order valence-corrected chi connectivity index (χ0v) is 21.0. The first-order valence-corrected chi connectivity index (χ1v) is 13.1. The number of fused-ring (bicyclic) bond motifs is 6. The van der Waals surface area contributed by atoms with Crippen LogP contribution in [0, 0.1) is 0 Å². The monoisotopic (exact) mass is 501 g/mol. The Morgan fingerprint density at radius 2 is 1.26 bits per heavy atom. The molecule has 0 fully saturated rings. The standard InChI is InChI=1S/C35H23N3O/c1-3-13-25(14-4-1)37-30-19-10-9-18-28(30)33-31(37)20-11-21-32(33)38(26-15-5-2-6-16-26)35-36-29-23-22-24-12-7-8-17-27(24)34(29)39-35/h1-23H. The highest BCUT2D eigenvalue weighted by Crippen LogP contribution is 2.44. The third-order valence-corrected chi connectivity index (χ3v) is 7.40. The van der Waals surface area contributed by atoms with Crippen molar-refractivity contribution in [3.8, 4) is 5.69 Å². The second-order valence-corrected chi connectivity index (χ2v) is 9.66. The van der Waals surface area contributed by atoms with Crippen LogP contribution in [-0.4, -0.2) is 9.55 Å². The Morgan fingerprint density at radius 3 is 2.10 bits per heavy atom. The molecule has 0 aliphatic heterocycles. The average molecular weight is 502 g/mol. The first-order valence-electron chi connectivity index (χ1n) is 13.1. The highest BCUT2D eigenvalue weighted by Gasteiger charge is 2.24. The second kappa shape index (κ2) is 8.61. The van der Waals surface area contributed by atoms with Gasteiger partial charge in [0.25, 0.3) is 0 Å². The minimum atomic E-state index is 0.539. The van der Waals surface area contributed by atoms with Crippen LogP contribution < -0.4 is 4.90 Å². The van der Waals surface area contributed by atoms with Gasteiger partial charge < -0.3 is 8.98 Å². The Balaban J connectivity index is 1.46. The molecule has 0 unspecified atom stereocenters. The molecule has 0 saturated heterocycles. The van der Waals surface area contributed by atoms with Gasteiger partial charge in [-0.05, 0) is 53.9 Å². The van der Waals surface area contributed by atoms with Crippen LogP contribution in [0.1, 0.15) is 0 Å². The molecular weight excluding hydrogens is 478 g/mol. The number of aromatic nitrogens is 2. The van der Waals surface area contributed by atoms with Crippen molar-refractivity contribution in [1.82, 2.24) is 9.55 Å². The van der Waals surface area contributed by atoms with E-state index in [4.69, 9.17) is 9.40 Å². The van der Waals surface area contributed by atoms with Gasteiger partial charge in [0.05, 0.1) is 22.4 Å². The molecule has 0 radical (unpaired) electrons. The lowest BCUT2D eigenvalue weighted by Gasteiger charge is -2.22. The van der Waals surface area contributed by atoms with Gasteiger partial charge in [-0.3, -0.25) is 4.90 Å². The molecule has 0 atom stereocenters. The lowest BCUT2D eigenvalue weighted by molar-refractivity contribution is 0.611. The highest BCUT2D eigenvalue weighted by molar-refractivity contribution is 6.16. The third kappa shape index (κ3) is 3.35. The normalized spacial score (nSPS) is 11.6. The van der Waals surface area contributed by atoms with Gasteiger partial charge in [-0.15, -0.1) is 0 Å². The fourth-order valence-corrected chi connectivity index (χ4v) is 5.71. The van der Waals surface area contributed by atoms with E-state index in [0.717, 1.165) is 55.4 Å². The van der Waals surface area contributed by atoms with E-state index in [1.165, 1.54) is 5.39 Å². The second-order valence-electron chi connectivity index (χ2n) is 9.66. The summed E-state index contributed by atoms with van der Waals surface area (Å²) in [7, 11) is 0. The van der Waals surface area contributed by atoms with Crippen LogP contribution in [0.2, 0.25) is 0 Å². The Morgan fingerprint density at radius 1 is 0.564 bits per heavy atom. The SMILES string of the molecule is c1ccc(N(c2nc3ccc4ccccc4c3o2)c2cccc3c2c2ccccc2n3-c2ccccc2)cc1. The molecule has 8 rings (SSSR count). The maximum absolute atomic E-state index is 6.61. The molecule has 0 spiro atoms. The van der Waals surface area contributed by atoms with Crippen LogP contribution in [0.4, 0.5) is 17.4 Å². The molecule has 6 aromatic carbocycles. The number of rotatable bonds is 4. The van der Waals surface area contributed by atoms with E-state index in [-0.39, 0.29) is 0 Å². The Hall–Kier alpha value is -5.35. The lowest BCUT2D eigenvalue weighted by atomic mass is 10.1. The molecule has 0 bridgehead atoms. The molecule has 0 saturated carbocycles. The summed E-state index contributed by atoms with van der Waals surface area (Å²) >= 11 is 0. The number of anilines is 3. The molecule has 0 aliphatic rings. The Kier molecular flexibility index (Phi) is 4.79. The van der Waals surface area contributed by atoms with Crippen molar-refractivity contribution in [2.24, 2.45) is 0 Å². The number of para-hydroxylation sites is 3. The van der Waals surface area contributed by atoms with Crippen molar-refractivity contribution in [2.45, 2.75) is 0 Å². The van der Waals surface area contributed by atoms with Crippen LogP contribution in [-0.2, 0) is 0 Å². The topological polar surface area (TPSA) is 34.2 Å². The fourth-order valence-electron chi connectivity index (χ4n) is 5.71. The van der Waals surface area contributed by atoms with E-state index in [0.29, 0.717) is 6.01 Å². The Labute approximate surface area is 225 Å². The van der Waals surface area contributed by atoms with Crippen LogP contribution >= 0.6 is 0 Å². The van der Waals surface area contributed by atoms with Crippen molar-refractivity contribution in [2.75, 3.05) is 4.90 Å². The average Bonchev–Trinajstić information content (AvgIpc) is 3.58. The number of benzene rings is 6. The summed E-state index contributed by atoms with van der Waals surface area (Å²) < 4.78 is 8.94. The zero-order valence-electron chi connectivity index (χ0n) is 21.0. The lowest BCUT2D eigenvalue weighted by Crippen LogP contribution is -2.10. The smallest absolute Gasteiger partial charge is 0.307 e. The summed E-state index contributed by atoms with van der Waals surface area (Å²) in [5.74, 6) is 0. The van der Waals surface area contributed by atoms with Gasteiger partial charge in [0, 0.05) is 21.8 Å². The first-order chi connectivity index (χ1) is 19.4. The number of oxazole rings is 1. The van der Waals surface area contributed by atoms with Crippen LogP contribution in [0.5, 0.6) is 0 Å². The summed E-state index contributed by atoms with van der Waals surface area (Å²) in [6.45, 7) is 0. The summed E-state index contributed by atoms with van der Waals surface area (Å²) in [5, 5.41) is 4.51. The van der Waals surface area contributed by atoms with Gasteiger partial charge in [0.1, 0.15) is 5.52 Å². The minimum Gasteiger partial charge on any atom is -0.422 e. The molecule has 8 aromatic rings. The Bertz CT molecular complexity index is 2120. The molecule has 0 N–H and O–H groups in total. The molecule has 2 heterocycles. The van der Waals surface area contributed by atoms with Crippen molar-refractivity contribution in [3.63, 3.8) is 0 Å². The summed E-state index contributed by atoms with van der Waals surface area (Å²) in [6, 6.07) is 48.9. The van der Waals surface area contributed by atoms with E-state index in [1.54, 1.807) is 0 Å². The molecule has 2 aromatic heterocycles. The summed E-state index contributed by atoms with van der Waals surface area (Å²) in [5.41, 5.74) is 7.04. The molecule has 4 heteroatoms. The van der Waals surface area contributed by atoms with E-state index in [9.17, 15) is 0 Å². The fraction of sp³-hybridized carbons (Fsp3) is 0. The first kappa shape index (κ1) is 21.7. The van der Waals surface area contributed by atoms with E-state index < -0.39 is 0 Å². The zero-order chi connectivity index (χ0) is 25.8. The molecule has 39 heavy (non-hydrogen) atoms. The van der Waals surface area contributed by atoms with Gasteiger partial charge >= 0.3 is 6.01 Å². The number of nitrogens with zero attached hydrogens (tertiary/aromatic N) is 3. The maximum atomic E-state index is 6.61. The number of hydrogen-bond acceptors (Lipinski definition) is 3. The van der Waals surface area contributed by atoms with Gasteiger partial charge in [0.2, 0.25) is 0 Å². The minimum absolute atomic E-state index is 0.539. The van der Waals surface area contributed by atoms with E-state index in [1.807, 2.05) is 36.4 Å². The van der Waals surface area contributed by atoms with Crippen LogP contribution in [0.3, 0.4) is 0 Å². The quantitative estimate of drug-likeness (QED) is 0.241. The third-order valence-electron chi connectivity index (χ3n) is 7.40. The van der Waals surface area contributed by atoms with Crippen molar-refractivity contribution < 1.29 is 4.42 Å². The highest BCUT2D eigenvalue weighted by atomic mass is 16.4. The van der Waals surface area contributed by atoms with Gasteiger partial charge in [-0.25, -0.2) is 0 Å². The molecule has 0 aliphatic carbocycles. The van der Waals surface area contributed by atoms with Crippen molar-refractivity contribution in [3.05, 3.63) is 140 Å². The molecule has 184 valence electrons. The van der Waals surface area contributed by atoms with Crippen LogP contribution in [0.25, 0.3) is 49.4 Å². The summed E-state index contributed by atoms with van der Waals surface area (Å²) in [4.78, 5) is 7.16. The summed E-state index contributed by atoms with van der Waals surface area (Å²) in [6.07, 6.45) is 0. The molecule has 0 amide bonds. The maximum Gasteiger partial charge on any atom is 0.307 e. The largest absolute Gasteiger partial charge is 0.422 e. The van der Waals surface area contributed by atoms with E-state index in [2.05, 4.69) is 113 Å². The predicted molar refractivity (Wildman–Crippen MR) is 161 cm³/mol. The van der Waals surface area contributed by atoms with Gasteiger partial charge in [-0.1, -0.05) is 91.0 Å². The van der Waals surface area contributed by atoms with Gasteiger partial charge in [-0.2, -0.15) is 4.98 Å².